The fraction of sp³-hybridized carbons (Fsp3) is 0.350. The van der Waals surface area contributed by atoms with E-state index in [2.05, 4.69) is 5.32 Å². The lowest BCUT2D eigenvalue weighted by Crippen LogP contribution is -2.52. The number of ether oxygens (including phenoxy) is 1. The van der Waals surface area contributed by atoms with Gasteiger partial charge in [0.25, 0.3) is 0 Å². The molecule has 0 radical (unpaired) electrons. The molecule has 2 aromatic rings. The second-order valence-electron chi connectivity index (χ2n) is 6.37. The maximum absolute atomic E-state index is 13.4. The second kappa shape index (κ2) is 8.70. The summed E-state index contributed by atoms with van der Waals surface area (Å²) in [5.74, 6) is -0.900. The molecule has 0 unspecified atom stereocenters. The summed E-state index contributed by atoms with van der Waals surface area (Å²) in [7, 11) is 1.63. The van der Waals surface area contributed by atoms with Crippen molar-refractivity contribution in [2.75, 3.05) is 44.7 Å². The van der Waals surface area contributed by atoms with E-state index >= 15 is 0 Å². The highest BCUT2D eigenvalue weighted by Crippen LogP contribution is 2.20. The van der Waals surface area contributed by atoms with Crippen molar-refractivity contribution in [2.45, 2.75) is 6.42 Å². The molecule has 1 heterocycles. The van der Waals surface area contributed by atoms with Crippen molar-refractivity contribution in [3.05, 3.63) is 59.7 Å². The molecule has 7 heteroatoms. The molecule has 1 aliphatic rings. The topological polar surface area (TPSA) is 44.8 Å². The van der Waals surface area contributed by atoms with Gasteiger partial charge in [0.15, 0.2) is 11.6 Å². The van der Waals surface area contributed by atoms with Crippen LogP contribution in [0.2, 0.25) is 0 Å². The highest BCUT2D eigenvalue weighted by atomic mass is 19.2. The van der Waals surface area contributed by atoms with Gasteiger partial charge >= 0.3 is 6.03 Å². The number of hydrogen-bond donors (Lipinski definition) is 1. The number of rotatable bonds is 5. The van der Waals surface area contributed by atoms with Crippen molar-refractivity contribution in [1.82, 2.24) is 10.2 Å². The molecule has 0 atom stereocenters. The third kappa shape index (κ3) is 4.67. The number of methoxy groups -OCH3 is 1. The number of amides is 2. The van der Waals surface area contributed by atoms with E-state index in [0.29, 0.717) is 44.8 Å². The molecule has 0 aliphatic carbocycles. The van der Waals surface area contributed by atoms with Crippen molar-refractivity contribution in [2.24, 2.45) is 0 Å². The average molecular weight is 375 g/mol. The van der Waals surface area contributed by atoms with Crippen LogP contribution in [0, 0.1) is 11.6 Å². The third-order valence-electron chi connectivity index (χ3n) is 4.70. The minimum Gasteiger partial charge on any atom is -0.496 e. The molecular formula is C20H23F2N3O2. The average Bonchev–Trinajstić information content (AvgIpc) is 2.70. The maximum atomic E-state index is 13.4. The molecule has 2 amide bonds. The van der Waals surface area contributed by atoms with Gasteiger partial charge in [0.1, 0.15) is 5.75 Å². The summed E-state index contributed by atoms with van der Waals surface area (Å²) in [5, 5.41) is 2.93. The van der Waals surface area contributed by atoms with Crippen molar-refractivity contribution in [1.29, 1.82) is 0 Å². The summed E-state index contributed by atoms with van der Waals surface area (Å²) >= 11 is 0. The lowest BCUT2D eigenvalue weighted by molar-refractivity contribution is 0.194. The zero-order valence-corrected chi connectivity index (χ0v) is 15.3. The quantitative estimate of drug-likeness (QED) is 0.874. The van der Waals surface area contributed by atoms with E-state index < -0.39 is 11.6 Å². The molecule has 144 valence electrons. The lowest BCUT2D eigenvalue weighted by Gasteiger charge is -2.36. The number of carbonyl (C=O) groups is 1. The van der Waals surface area contributed by atoms with Crippen molar-refractivity contribution < 1.29 is 18.3 Å². The Balaban J connectivity index is 1.46. The summed E-state index contributed by atoms with van der Waals surface area (Å²) < 4.78 is 31.8. The Morgan fingerprint density at radius 3 is 2.52 bits per heavy atom. The van der Waals surface area contributed by atoms with E-state index in [1.165, 1.54) is 6.07 Å². The Morgan fingerprint density at radius 2 is 1.81 bits per heavy atom. The number of piperazine rings is 1. The van der Waals surface area contributed by atoms with E-state index in [1.54, 1.807) is 18.1 Å². The van der Waals surface area contributed by atoms with Gasteiger partial charge in [0, 0.05) is 44.5 Å². The Hall–Kier alpha value is -2.83. The first-order chi connectivity index (χ1) is 13.1. The molecule has 1 N–H and O–H groups in total. The van der Waals surface area contributed by atoms with Gasteiger partial charge in [-0.1, -0.05) is 18.2 Å². The number of hydrogen-bond acceptors (Lipinski definition) is 3. The van der Waals surface area contributed by atoms with Crippen LogP contribution in [0.5, 0.6) is 5.75 Å². The number of carbonyl (C=O) groups excluding carboxylic acids is 1. The standard InChI is InChI=1S/C20H23F2N3O2/c1-27-19-5-3-2-4-15(19)8-9-23-20(26)25-12-10-24(11-13-25)16-6-7-17(21)18(22)14-16/h2-7,14H,8-13H2,1H3,(H,23,26). The van der Waals surface area contributed by atoms with Gasteiger partial charge in [0.05, 0.1) is 7.11 Å². The van der Waals surface area contributed by atoms with Gasteiger partial charge in [-0.05, 0) is 30.2 Å². The van der Waals surface area contributed by atoms with Gasteiger partial charge in [-0.25, -0.2) is 13.6 Å². The molecule has 1 aliphatic heterocycles. The molecule has 0 saturated carbocycles. The van der Waals surface area contributed by atoms with Gasteiger partial charge in [-0.2, -0.15) is 0 Å². The number of benzene rings is 2. The molecule has 0 spiro atoms. The minimum absolute atomic E-state index is 0.116. The zero-order valence-electron chi connectivity index (χ0n) is 15.3. The van der Waals surface area contributed by atoms with Crippen LogP contribution < -0.4 is 15.0 Å². The van der Waals surface area contributed by atoms with Crippen LogP contribution in [0.3, 0.4) is 0 Å². The van der Waals surface area contributed by atoms with E-state index in [1.807, 2.05) is 29.2 Å². The molecule has 0 aromatic heterocycles. The normalized spacial score (nSPS) is 14.2. The predicted octanol–water partition coefficient (Wildman–Crippen LogP) is 3.05. The molecule has 1 fully saturated rings. The fourth-order valence-corrected chi connectivity index (χ4v) is 3.17. The van der Waals surface area contributed by atoms with Crippen LogP contribution in [-0.4, -0.2) is 50.8 Å². The van der Waals surface area contributed by atoms with Gasteiger partial charge in [0.2, 0.25) is 0 Å². The smallest absolute Gasteiger partial charge is 0.317 e. The van der Waals surface area contributed by atoms with Crippen molar-refractivity contribution in [3.63, 3.8) is 0 Å². The molecule has 1 saturated heterocycles. The SMILES string of the molecule is COc1ccccc1CCNC(=O)N1CCN(c2ccc(F)c(F)c2)CC1. The molecule has 5 nitrogen and oxygen atoms in total. The molecule has 0 bridgehead atoms. The first kappa shape index (κ1) is 18.9. The zero-order chi connectivity index (χ0) is 19.2. The van der Waals surface area contributed by atoms with Crippen LogP contribution in [0.4, 0.5) is 19.3 Å². The Kier molecular flexibility index (Phi) is 6.11. The molecule has 3 rings (SSSR count). The summed E-state index contributed by atoms with van der Waals surface area (Å²) in [5.41, 5.74) is 1.67. The number of nitrogens with zero attached hydrogens (tertiary/aromatic N) is 2. The number of urea groups is 1. The largest absolute Gasteiger partial charge is 0.496 e. The van der Waals surface area contributed by atoms with E-state index in [0.717, 1.165) is 17.4 Å². The number of anilines is 1. The first-order valence-electron chi connectivity index (χ1n) is 8.93. The summed E-state index contributed by atoms with van der Waals surface area (Å²) in [6.07, 6.45) is 0.685. The lowest BCUT2D eigenvalue weighted by atomic mass is 10.1. The number of para-hydroxylation sites is 1. The van der Waals surface area contributed by atoms with E-state index in [-0.39, 0.29) is 6.03 Å². The summed E-state index contributed by atoms with van der Waals surface area (Å²) in [6, 6.07) is 11.5. The van der Waals surface area contributed by atoms with E-state index in [4.69, 9.17) is 4.74 Å². The fourth-order valence-electron chi connectivity index (χ4n) is 3.17. The third-order valence-corrected chi connectivity index (χ3v) is 4.70. The first-order valence-corrected chi connectivity index (χ1v) is 8.93. The van der Waals surface area contributed by atoms with Crippen LogP contribution in [-0.2, 0) is 6.42 Å². The van der Waals surface area contributed by atoms with Crippen molar-refractivity contribution >= 4 is 11.7 Å². The van der Waals surface area contributed by atoms with Gasteiger partial charge in [-0.3, -0.25) is 0 Å². The highest BCUT2D eigenvalue weighted by molar-refractivity contribution is 5.74. The van der Waals surface area contributed by atoms with Gasteiger partial charge < -0.3 is 19.9 Å². The molecule has 2 aromatic carbocycles. The maximum Gasteiger partial charge on any atom is 0.317 e. The number of nitrogens with one attached hydrogen (secondary N) is 1. The number of halogens is 2. The molecular weight excluding hydrogens is 352 g/mol. The van der Waals surface area contributed by atoms with Gasteiger partial charge in [-0.15, -0.1) is 0 Å². The Morgan fingerprint density at radius 1 is 1.07 bits per heavy atom. The van der Waals surface area contributed by atoms with Crippen LogP contribution >= 0.6 is 0 Å². The Labute approximate surface area is 157 Å². The van der Waals surface area contributed by atoms with Crippen molar-refractivity contribution in [3.8, 4) is 5.75 Å². The van der Waals surface area contributed by atoms with Crippen LogP contribution in [0.15, 0.2) is 42.5 Å². The second-order valence-corrected chi connectivity index (χ2v) is 6.37. The summed E-state index contributed by atoms with van der Waals surface area (Å²) in [4.78, 5) is 16.0. The monoisotopic (exact) mass is 375 g/mol. The van der Waals surface area contributed by atoms with Crippen LogP contribution in [0.25, 0.3) is 0 Å². The Bertz CT molecular complexity index is 793. The van der Waals surface area contributed by atoms with Crippen LogP contribution in [0.1, 0.15) is 5.56 Å². The predicted molar refractivity (Wildman–Crippen MR) is 100 cm³/mol. The molecule has 27 heavy (non-hydrogen) atoms. The van der Waals surface area contributed by atoms with E-state index in [9.17, 15) is 13.6 Å². The highest BCUT2D eigenvalue weighted by Gasteiger charge is 2.21. The summed E-state index contributed by atoms with van der Waals surface area (Å²) in [6.45, 7) is 2.72. The minimum atomic E-state index is -0.857.